The number of aryl methyl sites for hydroxylation is 1. The summed E-state index contributed by atoms with van der Waals surface area (Å²) in [5, 5.41) is 13.9. The molecule has 0 amide bonds. The fourth-order valence-electron chi connectivity index (χ4n) is 2.43. The van der Waals surface area contributed by atoms with Crippen LogP contribution in [0.1, 0.15) is 24.7 Å². The lowest BCUT2D eigenvalue weighted by molar-refractivity contribution is -0.143. The van der Waals surface area contributed by atoms with E-state index in [4.69, 9.17) is 5.73 Å². The molecule has 112 valence electrons. The van der Waals surface area contributed by atoms with Crippen molar-refractivity contribution in [1.29, 1.82) is 0 Å². The number of rotatable bonds is 7. The molecule has 1 heterocycles. The van der Waals surface area contributed by atoms with Gasteiger partial charge in [-0.3, -0.25) is 9.48 Å². The molecule has 1 unspecified atom stereocenters. The lowest BCUT2D eigenvalue weighted by atomic mass is 9.77. The summed E-state index contributed by atoms with van der Waals surface area (Å²) in [6.07, 6.45) is 2.59. The quantitative estimate of drug-likeness (QED) is 0.798. The largest absolute Gasteiger partial charge is 0.481 e. The molecule has 0 aliphatic carbocycles. The van der Waals surface area contributed by atoms with Crippen molar-refractivity contribution in [3.8, 4) is 0 Å². The van der Waals surface area contributed by atoms with Gasteiger partial charge < -0.3 is 10.8 Å². The Kier molecular flexibility index (Phi) is 4.70. The first kappa shape index (κ1) is 15.2. The summed E-state index contributed by atoms with van der Waals surface area (Å²) in [5.41, 5.74) is 5.35. The highest BCUT2D eigenvalue weighted by atomic mass is 16.4. The zero-order valence-electron chi connectivity index (χ0n) is 12.1. The number of carboxylic acid groups (broad SMARTS) is 1. The highest BCUT2D eigenvalue weighted by Crippen LogP contribution is 2.27. The highest BCUT2D eigenvalue weighted by molar-refractivity contribution is 5.82. The Morgan fingerprint density at radius 2 is 2.10 bits per heavy atom. The van der Waals surface area contributed by atoms with Gasteiger partial charge in [0.05, 0.1) is 0 Å². The topological polar surface area (TPSA) is 94.0 Å². The standard InChI is InChI=1S/C15H20N4O2/c1-2-8-19-13(17-11-18-19)9-15(10-16,14(20)21)12-6-4-3-5-7-12/h3-7,11H,2,8-10,16H2,1H3,(H,20,21). The van der Waals surface area contributed by atoms with Crippen molar-refractivity contribution >= 4 is 5.97 Å². The van der Waals surface area contributed by atoms with Crippen LogP contribution in [0.25, 0.3) is 0 Å². The van der Waals surface area contributed by atoms with Crippen LogP contribution in [0.5, 0.6) is 0 Å². The highest BCUT2D eigenvalue weighted by Gasteiger charge is 2.40. The predicted octanol–water partition coefficient (Wildman–Crippen LogP) is 1.21. The Bertz CT molecular complexity index is 597. The summed E-state index contributed by atoms with van der Waals surface area (Å²) < 4.78 is 1.75. The third-order valence-electron chi connectivity index (χ3n) is 3.68. The van der Waals surface area contributed by atoms with E-state index in [1.807, 2.05) is 25.1 Å². The van der Waals surface area contributed by atoms with Crippen molar-refractivity contribution < 1.29 is 9.90 Å². The summed E-state index contributed by atoms with van der Waals surface area (Å²) in [6, 6.07) is 9.08. The molecule has 1 aromatic carbocycles. The van der Waals surface area contributed by atoms with Crippen molar-refractivity contribution in [3.63, 3.8) is 0 Å². The molecule has 0 saturated heterocycles. The van der Waals surface area contributed by atoms with E-state index >= 15 is 0 Å². The van der Waals surface area contributed by atoms with Crippen LogP contribution in [0.2, 0.25) is 0 Å². The number of carboxylic acids is 1. The van der Waals surface area contributed by atoms with E-state index < -0.39 is 11.4 Å². The van der Waals surface area contributed by atoms with Gasteiger partial charge in [-0.2, -0.15) is 5.10 Å². The van der Waals surface area contributed by atoms with Crippen LogP contribution in [-0.2, 0) is 23.2 Å². The maximum absolute atomic E-state index is 11.9. The van der Waals surface area contributed by atoms with Gasteiger partial charge in [-0.15, -0.1) is 0 Å². The van der Waals surface area contributed by atoms with Gasteiger partial charge in [0.15, 0.2) is 0 Å². The number of hydrogen-bond acceptors (Lipinski definition) is 4. The average molecular weight is 288 g/mol. The van der Waals surface area contributed by atoms with Crippen molar-refractivity contribution in [2.24, 2.45) is 5.73 Å². The van der Waals surface area contributed by atoms with Crippen molar-refractivity contribution in [2.75, 3.05) is 6.54 Å². The van der Waals surface area contributed by atoms with Crippen molar-refractivity contribution in [1.82, 2.24) is 14.8 Å². The zero-order valence-corrected chi connectivity index (χ0v) is 12.1. The SMILES string of the molecule is CCCn1ncnc1CC(CN)(C(=O)O)c1ccccc1. The number of carbonyl (C=O) groups is 1. The molecule has 6 nitrogen and oxygen atoms in total. The zero-order chi connectivity index (χ0) is 15.3. The first-order valence-corrected chi connectivity index (χ1v) is 6.99. The van der Waals surface area contributed by atoms with Gasteiger partial charge >= 0.3 is 5.97 Å². The second kappa shape index (κ2) is 6.49. The van der Waals surface area contributed by atoms with Crippen LogP contribution >= 0.6 is 0 Å². The summed E-state index contributed by atoms with van der Waals surface area (Å²) in [4.78, 5) is 16.1. The van der Waals surface area contributed by atoms with Gasteiger partial charge in [-0.1, -0.05) is 37.3 Å². The molecule has 0 radical (unpaired) electrons. The van der Waals surface area contributed by atoms with Gasteiger partial charge in [-0.25, -0.2) is 4.98 Å². The lowest BCUT2D eigenvalue weighted by Crippen LogP contribution is -2.45. The number of nitrogens with two attached hydrogens (primary N) is 1. The van der Waals surface area contributed by atoms with Gasteiger partial charge in [0.2, 0.25) is 0 Å². The second-order valence-corrected chi connectivity index (χ2v) is 5.03. The first-order valence-electron chi connectivity index (χ1n) is 6.99. The molecular formula is C15H20N4O2. The van der Waals surface area contributed by atoms with E-state index in [2.05, 4.69) is 10.1 Å². The number of benzene rings is 1. The van der Waals surface area contributed by atoms with Crippen molar-refractivity contribution in [2.45, 2.75) is 31.7 Å². The summed E-state index contributed by atoms with van der Waals surface area (Å²) in [5.74, 6) is -0.296. The Labute approximate surface area is 123 Å². The van der Waals surface area contributed by atoms with Crippen LogP contribution in [-0.4, -0.2) is 32.4 Å². The molecular weight excluding hydrogens is 268 g/mol. The average Bonchev–Trinajstić information content (AvgIpc) is 2.93. The molecule has 1 atom stereocenters. The van der Waals surface area contributed by atoms with E-state index in [-0.39, 0.29) is 13.0 Å². The molecule has 0 aliphatic heterocycles. The lowest BCUT2D eigenvalue weighted by Gasteiger charge is -2.28. The predicted molar refractivity (Wildman–Crippen MR) is 78.8 cm³/mol. The molecule has 2 rings (SSSR count). The molecule has 3 N–H and O–H groups in total. The molecule has 0 aliphatic rings. The fraction of sp³-hybridized carbons (Fsp3) is 0.400. The number of aliphatic carboxylic acids is 1. The molecule has 0 spiro atoms. The maximum Gasteiger partial charge on any atom is 0.315 e. The number of aromatic nitrogens is 3. The first-order chi connectivity index (χ1) is 10.1. The fourth-order valence-corrected chi connectivity index (χ4v) is 2.43. The van der Waals surface area contributed by atoms with E-state index in [0.29, 0.717) is 17.9 Å². The van der Waals surface area contributed by atoms with Crippen LogP contribution in [0.4, 0.5) is 0 Å². The number of hydrogen-bond donors (Lipinski definition) is 2. The molecule has 1 aromatic heterocycles. The van der Waals surface area contributed by atoms with Crippen LogP contribution in [0, 0.1) is 0 Å². The summed E-state index contributed by atoms with van der Waals surface area (Å²) in [6.45, 7) is 2.76. The minimum atomic E-state index is -1.18. The third kappa shape index (κ3) is 2.95. The van der Waals surface area contributed by atoms with E-state index in [1.165, 1.54) is 6.33 Å². The summed E-state index contributed by atoms with van der Waals surface area (Å²) in [7, 11) is 0. The minimum absolute atomic E-state index is 0.00529. The van der Waals surface area contributed by atoms with E-state index in [9.17, 15) is 9.90 Å². The molecule has 6 heteroatoms. The molecule has 2 aromatic rings. The Morgan fingerprint density at radius 1 is 1.38 bits per heavy atom. The molecule has 21 heavy (non-hydrogen) atoms. The Hall–Kier alpha value is -2.21. The van der Waals surface area contributed by atoms with Gasteiger partial charge in [0, 0.05) is 19.5 Å². The molecule has 0 fully saturated rings. The molecule has 0 bridgehead atoms. The monoisotopic (exact) mass is 288 g/mol. The Balaban J connectivity index is 2.42. The smallest absolute Gasteiger partial charge is 0.315 e. The normalized spacial score (nSPS) is 13.8. The van der Waals surface area contributed by atoms with Crippen LogP contribution < -0.4 is 5.73 Å². The van der Waals surface area contributed by atoms with E-state index in [1.54, 1.807) is 16.8 Å². The van der Waals surface area contributed by atoms with Gasteiger partial charge in [0.25, 0.3) is 0 Å². The van der Waals surface area contributed by atoms with Gasteiger partial charge in [0.1, 0.15) is 17.6 Å². The Morgan fingerprint density at radius 3 is 2.67 bits per heavy atom. The summed E-state index contributed by atoms with van der Waals surface area (Å²) >= 11 is 0. The molecule has 0 saturated carbocycles. The minimum Gasteiger partial charge on any atom is -0.481 e. The van der Waals surface area contributed by atoms with E-state index in [0.717, 1.165) is 6.42 Å². The van der Waals surface area contributed by atoms with Crippen molar-refractivity contribution in [3.05, 3.63) is 48.0 Å². The van der Waals surface area contributed by atoms with Crippen LogP contribution in [0.3, 0.4) is 0 Å². The second-order valence-electron chi connectivity index (χ2n) is 5.03. The van der Waals surface area contributed by atoms with Crippen LogP contribution in [0.15, 0.2) is 36.7 Å². The van der Waals surface area contributed by atoms with Gasteiger partial charge in [-0.05, 0) is 12.0 Å². The number of nitrogens with zero attached hydrogens (tertiary/aromatic N) is 3. The third-order valence-corrected chi connectivity index (χ3v) is 3.68. The maximum atomic E-state index is 11.9.